The molecule has 1 aromatic carbocycles. The van der Waals surface area contributed by atoms with E-state index in [1.165, 1.54) is 5.69 Å². The van der Waals surface area contributed by atoms with Crippen LogP contribution in [0.1, 0.15) is 38.3 Å². The average Bonchev–Trinajstić information content (AvgIpc) is 2.38. The lowest BCUT2D eigenvalue weighted by molar-refractivity contribution is 0.318. The molecule has 4 nitrogen and oxygen atoms in total. The van der Waals surface area contributed by atoms with Crippen LogP contribution in [0.2, 0.25) is 0 Å². The fourth-order valence-electron chi connectivity index (χ4n) is 2.14. The van der Waals surface area contributed by atoms with Crippen LogP contribution in [0.15, 0.2) is 23.4 Å². The summed E-state index contributed by atoms with van der Waals surface area (Å²) in [7, 11) is 0. The lowest BCUT2D eigenvalue weighted by atomic mass is 10.1. The molecule has 0 aromatic heterocycles. The Morgan fingerprint density at radius 1 is 1.44 bits per heavy atom. The number of nitrogens with zero attached hydrogens (tertiary/aromatic N) is 2. The van der Waals surface area contributed by atoms with E-state index in [1.54, 1.807) is 0 Å². The number of hydrogen-bond acceptors (Lipinski definition) is 3. The third kappa shape index (κ3) is 2.94. The van der Waals surface area contributed by atoms with Crippen molar-refractivity contribution >= 4 is 11.5 Å². The van der Waals surface area contributed by atoms with Crippen molar-refractivity contribution in [2.24, 2.45) is 10.9 Å². The van der Waals surface area contributed by atoms with Gasteiger partial charge < -0.3 is 15.8 Å². The molecule has 0 aliphatic carbocycles. The van der Waals surface area contributed by atoms with Gasteiger partial charge in [0.05, 0.1) is 0 Å². The zero-order valence-electron chi connectivity index (χ0n) is 11.6. The Kier molecular flexibility index (Phi) is 5.01. The monoisotopic (exact) mass is 249 g/mol. The quantitative estimate of drug-likeness (QED) is 0.365. The molecule has 1 rings (SSSR count). The number of benzene rings is 1. The van der Waals surface area contributed by atoms with Crippen molar-refractivity contribution < 1.29 is 5.21 Å². The molecule has 4 heteroatoms. The molecule has 0 saturated carbocycles. The van der Waals surface area contributed by atoms with Crippen LogP contribution >= 0.6 is 0 Å². The highest BCUT2D eigenvalue weighted by molar-refractivity contribution is 5.98. The van der Waals surface area contributed by atoms with Crippen LogP contribution in [0, 0.1) is 6.92 Å². The number of hydrogen-bond donors (Lipinski definition) is 2. The van der Waals surface area contributed by atoms with Gasteiger partial charge in [-0.05, 0) is 51.0 Å². The molecule has 1 atom stereocenters. The van der Waals surface area contributed by atoms with E-state index in [4.69, 9.17) is 10.9 Å². The minimum atomic E-state index is 0.158. The summed E-state index contributed by atoms with van der Waals surface area (Å²) in [4.78, 5) is 2.35. The summed E-state index contributed by atoms with van der Waals surface area (Å²) in [5.74, 6) is 0.158. The third-order valence-electron chi connectivity index (χ3n) is 3.39. The molecule has 0 aliphatic rings. The summed E-state index contributed by atoms with van der Waals surface area (Å²) in [6, 6.07) is 6.52. The Hall–Kier alpha value is -1.71. The number of aryl methyl sites for hydroxylation is 1. The van der Waals surface area contributed by atoms with E-state index in [1.807, 2.05) is 19.1 Å². The van der Waals surface area contributed by atoms with Crippen molar-refractivity contribution in [3.05, 3.63) is 29.3 Å². The van der Waals surface area contributed by atoms with Crippen molar-refractivity contribution in [2.75, 3.05) is 11.4 Å². The van der Waals surface area contributed by atoms with Crippen molar-refractivity contribution in [3.63, 3.8) is 0 Å². The first-order valence-electron chi connectivity index (χ1n) is 6.40. The highest BCUT2D eigenvalue weighted by Gasteiger charge is 2.12. The van der Waals surface area contributed by atoms with E-state index >= 15 is 0 Å². The average molecular weight is 249 g/mol. The zero-order valence-corrected chi connectivity index (χ0v) is 11.6. The van der Waals surface area contributed by atoms with Gasteiger partial charge in [-0.2, -0.15) is 0 Å². The fourth-order valence-corrected chi connectivity index (χ4v) is 2.14. The van der Waals surface area contributed by atoms with Gasteiger partial charge in [0.2, 0.25) is 0 Å². The molecule has 0 radical (unpaired) electrons. The Morgan fingerprint density at radius 3 is 2.56 bits per heavy atom. The smallest absolute Gasteiger partial charge is 0.170 e. The molecular formula is C14H23N3O. The van der Waals surface area contributed by atoms with Crippen LogP contribution < -0.4 is 10.6 Å². The number of oxime groups is 1. The second kappa shape index (κ2) is 6.28. The lowest BCUT2D eigenvalue weighted by Gasteiger charge is -2.30. The Balaban J connectivity index is 3.10. The molecule has 0 spiro atoms. The summed E-state index contributed by atoms with van der Waals surface area (Å²) in [5, 5.41) is 11.8. The molecule has 0 saturated heterocycles. The summed E-state index contributed by atoms with van der Waals surface area (Å²) in [6.07, 6.45) is 1.11. The van der Waals surface area contributed by atoms with Gasteiger partial charge in [0.1, 0.15) is 0 Å². The number of anilines is 1. The van der Waals surface area contributed by atoms with E-state index in [0.29, 0.717) is 6.04 Å². The van der Waals surface area contributed by atoms with Gasteiger partial charge in [0.15, 0.2) is 5.84 Å². The molecule has 1 unspecified atom stereocenters. The summed E-state index contributed by atoms with van der Waals surface area (Å²) in [5.41, 5.74) is 8.60. The number of rotatable bonds is 5. The van der Waals surface area contributed by atoms with Gasteiger partial charge in [0, 0.05) is 23.8 Å². The van der Waals surface area contributed by atoms with E-state index in [-0.39, 0.29) is 5.84 Å². The first-order valence-corrected chi connectivity index (χ1v) is 6.40. The largest absolute Gasteiger partial charge is 0.409 e. The normalized spacial score (nSPS) is 13.4. The van der Waals surface area contributed by atoms with Gasteiger partial charge >= 0.3 is 0 Å². The highest BCUT2D eigenvalue weighted by Crippen LogP contribution is 2.22. The second-order valence-electron chi connectivity index (χ2n) is 4.53. The van der Waals surface area contributed by atoms with Gasteiger partial charge in [-0.15, -0.1) is 0 Å². The van der Waals surface area contributed by atoms with Crippen molar-refractivity contribution in [1.82, 2.24) is 0 Å². The van der Waals surface area contributed by atoms with Crippen molar-refractivity contribution in [1.29, 1.82) is 0 Å². The predicted octanol–water partition coefficient (Wildman–Crippen LogP) is 2.71. The summed E-state index contributed by atoms with van der Waals surface area (Å²) in [6.45, 7) is 9.50. The van der Waals surface area contributed by atoms with E-state index < -0.39 is 0 Å². The molecule has 1 aromatic rings. The molecule has 0 aliphatic heterocycles. The molecule has 0 amide bonds. The highest BCUT2D eigenvalue weighted by atomic mass is 16.4. The first kappa shape index (κ1) is 14.4. The van der Waals surface area contributed by atoms with Gasteiger partial charge in [-0.25, -0.2) is 0 Å². The Bertz CT molecular complexity index is 429. The van der Waals surface area contributed by atoms with Crippen LogP contribution in [0.25, 0.3) is 0 Å². The Morgan fingerprint density at radius 2 is 2.11 bits per heavy atom. The maximum absolute atomic E-state index is 8.72. The molecule has 0 heterocycles. The van der Waals surface area contributed by atoms with Crippen LogP contribution in [0.3, 0.4) is 0 Å². The van der Waals surface area contributed by atoms with E-state index in [9.17, 15) is 0 Å². The van der Waals surface area contributed by atoms with Gasteiger partial charge in [-0.3, -0.25) is 0 Å². The van der Waals surface area contributed by atoms with Crippen molar-refractivity contribution in [2.45, 2.75) is 40.2 Å². The molecule has 0 bridgehead atoms. The van der Waals surface area contributed by atoms with E-state index in [2.05, 4.69) is 36.9 Å². The van der Waals surface area contributed by atoms with Gasteiger partial charge in [-0.1, -0.05) is 12.1 Å². The SMILES string of the molecule is CCC(C)N(CC)c1ccc(/C(N)=N/O)c(C)c1. The minimum Gasteiger partial charge on any atom is -0.409 e. The van der Waals surface area contributed by atoms with Crippen LogP contribution in [0.4, 0.5) is 5.69 Å². The standard InChI is InChI=1S/C14H23N3O/c1-5-11(4)17(6-2)12-7-8-13(10(3)9-12)14(15)16-18/h7-9,11,18H,5-6H2,1-4H3,(H2,15,16). The third-order valence-corrected chi connectivity index (χ3v) is 3.39. The predicted molar refractivity (Wildman–Crippen MR) is 76.5 cm³/mol. The van der Waals surface area contributed by atoms with E-state index in [0.717, 1.165) is 24.1 Å². The minimum absolute atomic E-state index is 0.158. The molecular weight excluding hydrogens is 226 g/mol. The first-order chi connectivity index (χ1) is 8.54. The maximum Gasteiger partial charge on any atom is 0.170 e. The van der Waals surface area contributed by atoms with Crippen molar-refractivity contribution in [3.8, 4) is 0 Å². The number of nitrogens with two attached hydrogens (primary N) is 1. The zero-order chi connectivity index (χ0) is 13.7. The molecule has 18 heavy (non-hydrogen) atoms. The summed E-state index contributed by atoms with van der Waals surface area (Å²) >= 11 is 0. The second-order valence-corrected chi connectivity index (χ2v) is 4.53. The van der Waals surface area contributed by atoms with Crippen LogP contribution in [-0.4, -0.2) is 23.6 Å². The fraction of sp³-hybridized carbons (Fsp3) is 0.500. The molecule has 0 fully saturated rings. The lowest BCUT2D eigenvalue weighted by Crippen LogP contribution is -2.32. The van der Waals surface area contributed by atoms with Crippen LogP contribution in [-0.2, 0) is 0 Å². The molecule has 100 valence electrons. The topological polar surface area (TPSA) is 61.8 Å². The Labute approximate surface area is 109 Å². The van der Waals surface area contributed by atoms with Crippen LogP contribution in [0.5, 0.6) is 0 Å². The maximum atomic E-state index is 8.72. The van der Waals surface area contributed by atoms with Gasteiger partial charge in [0.25, 0.3) is 0 Å². The summed E-state index contributed by atoms with van der Waals surface area (Å²) < 4.78 is 0. The number of amidine groups is 1. The molecule has 3 N–H and O–H groups in total.